The zero-order valence-electron chi connectivity index (χ0n) is 11.9. The predicted octanol–water partition coefficient (Wildman–Crippen LogP) is 2.71. The molecule has 1 aromatic heterocycles. The van der Waals surface area contributed by atoms with Crippen LogP contribution in [0.25, 0.3) is 0 Å². The molecule has 4 nitrogen and oxygen atoms in total. The smallest absolute Gasteiger partial charge is 0.251 e. The minimum atomic E-state index is -0.249. The number of nitrogens with one attached hydrogen (secondary N) is 2. The maximum Gasteiger partial charge on any atom is 0.251 e. The minimum Gasteiger partial charge on any atom is -0.352 e. The summed E-state index contributed by atoms with van der Waals surface area (Å²) in [6, 6.07) is 2.93. The highest BCUT2D eigenvalue weighted by molar-refractivity contribution is 5.93. The average molecular weight is 264 g/mol. The first-order chi connectivity index (χ1) is 9.09. The molecule has 0 aliphatic heterocycles. The Morgan fingerprint density at radius 2 is 2.00 bits per heavy atom. The van der Waals surface area contributed by atoms with Crippen molar-refractivity contribution in [2.75, 3.05) is 6.54 Å². The summed E-state index contributed by atoms with van der Waals surface area (Å²) in [6.45, 7) is 5.15. The van der Waals surface area contributed by atoms with Crippen molar-refractivity contribution in [1.82, 2.24) is 10.3 Å². The molecule has 0 fully saturated rings. The van der Waals surface area contributed by atoms with Crippen LogP contribution < -0.4 is 10.9 Å². The Balaban J connectivity index is 2.13. The molecule has 4 heteroatoms. The third-order valence-electron chi connectivity index (χ3n) is 3.03. The predicted molar refractivity (Wildman–Crippen MR) is 77.3 cm³/mol. The second-order valence-electron chi connectivity index (χ2n) is 5.29. The lowest BCUT2D eigenvalue weighted by Crippen LogP contribution is -2.25. The van der Waals surface area contributed by atoms with Gasteiger partial charge in [-0.15, -0.1) is 0 Å². The van der Waals surface area contributed by atoms with Crippen LogP contribution >= 0.6 is 0 Å². The number of hydrogen-bond acceptors (Lipinski definition) is 2. The van der Waals surface area contributed by atoms with Gasteiger partial charge in [-0.3, -0.25) is 9.59 Å². The van der Waals surface area contributed by atoms with Crippen molar-refractivity contribution >= 4 is 5.91 Å². The van der Waals surface area contributed by atoms with E-state index in [4.69, 9.17) is 0 Å². The molecule has 106 valence electrons. The molecular weight excluding hydrogens is 240 g/mol. The number of carbonyl (C=O) groups is 1. The van der Waals surface area contributed by atoms with Gasteiger partial charge in [-0.1, -0.05) is 39.5 Å². The SMILES string of the molecule is CC(C)CCCCCCNC(=O)c1cc[nH]c(=O)c1. The van der Waals surface area contributed by atoms with Crippen LogP contribution in [0.1, 0.15) is 56.3 Å². The highest BCUT2D eigenvalue weighted by atomic mass is 16.2. The molecule has 0 saturated heterocycles. The number of rotatable bonds is 8. The van der Waals surface area contributed by atoms with E-state index >= 15 is 0 Å². The Kier molecular flexibility index (Phi) is 6.93. The molecule has 1 heterocycles. The summed E-state index contributed by atoms with van der Waals surface area (Å²) < 4.78 is 0. The lowest BCUT2D eigenvalue weighted by atomic mass is 10.0. The zero-order valence-corrected chi connectivity index (χ0v) is 11.9. The Hall–Kier alpha value is -1.58. The summed E-state index contributed by atoms with van der Waals surface area (Å²) in [5.41, 5.74) is 0.171. The van der Waals surface area contributed by atoms with Gasteiger partial charge in [-0.05, 0) is 18.4 Å². The lowest BCUT2D eigenvalue weighted by molar-refractivity contribution is 0.0952. The van der Waals surface area contributed by atoms with Crippen LogP contribution in [-0.4, -0.2) is 17.4 Å². The third kappa shape index (κ3) is 6.79. The number of H-pyrrole nitrogens is 1. The first kappa shape index (κ1) is 15.5. The molecular formula is C15H24N2O2. The molecule has 0 atom stereocenters. The van der Waals surface area contributed by atoms with Crippen molar-refractivity contribution in [2.45, 2.75) is 46.0 Å². The molecule has 1 rings (SSSR count). The Labute approximate surface area is 114 Å². The monoisotopic (exact) mass is 264 g/mol. The van der Waals surface area contributed by atoms with Crippen LogP contribution in [0.4, 0.5) is 0 Å². The van der Waals surface area contributed by atoms with E-state index in [1.165, 1.54) is 31.5 Å². The second kappa shape index (κ2) is 8.51. The molecule has 2 N–H and O–H groups in total. The third-order valence-corrected chi connectivity index (χ3v) is 3.03. The molecule has 1 amide bonds. The quantitative estimate of drug-likeness (QED) is 0.709. The van der Waals surface area contributed by atoms with Gasteiger partial charge in [0.15, 0.2) is 0 Å². The molecule has 0 bridgehead atoms. The van der Waals surface area contributed by atoms with E-state index in [1.807, 2.05) is 0 Å². The molecule has 0 aliphatic carbocycles. The molecule has 0 unspecified atom stereocenters. The number of unbranched alkanes of at least 4 members (excludes halogenated alkanes) is 3. The van der Waals surface area contributed by atoms with E-state index < -0.39 is 0 Å². The second-order valence-corrected chi connectivity index (χ2v) is 5.29. The van der Waals surface area contributed by atoms with E-state index in [9.17, 15) is 9.59 Å². The molecule has 19 heavy (non-hydrogen) atoms. The molecule has 1 aromatic rings. The summed E-state index contributed by atoms with van der Waals surface area (Å²) in [4.78, 5) is 25.3. The Morgan fingerprint density at radius 3 is 2.68 bits per heavy atom. The van der Waals surface area contributed by atoms with Gasteiger partial charge >= 0.3 is 0 Å². The van der Waals surface area contributed by atoms with Crippen molar-refractivity contribution in [2.24, 2.45) is 5.92 Å². The summed E-state index contributed by atoms with van der Waals surface area (Å²) >= 11 is 0. The highest BCUT2D eigenvalue weighted by Crippen LogP contribution is 2.08. The number of carbonyl (C=O) groups excluding carboxylic acids is 1. The average Bonchev–Trinajstić information content (AvgIpc) is 2.37. The number of aromatic amines is 1. The molecule has 0 radical (unpaired) electrons. The number of hydrogen-bond donors (Lipinski definition) is 2. The Bertz CT molecular complexity index is 438. The van der Waals surface area contributed by atoms with Crippen LogP contribution in [-0.2, 0) is 0 Å². The standard InChI is InChI=1S/C15H24N2O2/c1-12(2)7-5-3-4-6-9-17-15(19)13-8-10-16-14(18)11-13/h8,10-12H,3-7,9H2,1-2H3,(H,16,18)(H,17,19). The number of pyridine rings is 1. The topological polar surface area (TPSA) is 62.0 Å². The maximum atomic E-state index is 11.7. The first-order valence-electron chi connectivity index (χ1n) is 7.06. The van der Waals surface area contributed by atoms with Gasteiger partial charge < -0.3 is 10.3 Å². The molecule has 0 aliphatic rings. The summed E-state index contributed by atoms with van der Waals surface area (Å²) in [5.74, 6) is 0.601. The van der Waals surface area contributed by atoms with Crippen LogP contribution in [0, 0.1) is 5.92 Å². The van der Waals surface area contributed by atoms with Gasteiger partial charge in [0, 0.05) is 24.4 Å². The van der Waals surface area contributed by atoms with Crippen LogP contribution in [0.5, 0.6) is 0 Å². The highest BCUT2D eigenvalue weighted by Gasteiger charge is 2.04. The molecule has 0 aromatic carbocycles. The number of aromatic nitrogens is 1. The first-order valence-corrected chi connectivity index (χ1v) is 7.06. The van der Waals surface area contributed by atoms with Crippen LogP contribution in [0.2, 0.25) is 0 Å². The van der Waals surface area contributed by atoms with Gasteiger partial charge in [0.05, 0.1) is 0 Å². The van der Waals surface area contributed by atoms with Crippen LogP contribution in [0.15, 0.2) is 23.1 Å². The van der Waals surface area contributed by atoms with Crippen LogP contribution in [0.3, 0.4) is 0 Å². The van der Waals surface area contributed by atoms with Crippen molar-refractivity contribution in [3.63, 3.8) is 0 Å². The molecule has 0 saturated carbocycles. The van der Waals surface area contributed by atoms with Gasteiger partial charge in [0.2, 0.25) is 5.56 Å². The summed E-state index contributed by atoms with van der Waals surface area (Å²) in [7, 11) is 0. The van der Waals surface area contributed by atoms with E-state index in [2.05, 4.69) is 24.1 Å². The fourth-order valence-corrected chi connectivity index (χ4v) is 1.92. The van der Waals surface area contributed by atoms with E-state index in [0.29, 0.717) is 12.1 Å². The lowest BCUT2D eigenvalue weighted by Gasteiger charge is -2.06. The largest absolute Gasteiger partial charge is 0.352 e. The number of amides is 1. The fraction of sp³-hybridized carbons (Fsp3) is 0.600. The van der Waals surface area contributed by atoms with Crippen molar-refractivity contribution in [1.29, 1.82) is 0 Å². The van der Waals surface area contributed by atoms with Crippen molar-refractivity contribution in [3.05, 3.63) is 34.2 Å². The molecule has 0 spiro atoms. The fourth-order valence-electron chi connectivity index (χ4n) is 1.92. The zero-order chi connectivity index (χ0) is 14.1. The van der Waals surface area contributed by atoms with E-state index in [-0.39, 0.29) is 11.5 Å². The van der Waals surface area contributed by atoms with Gasteiger partial charge in [0.1, 0.15) is 0 Å². The van der Waals surface area contributed by atoms with E-state index in [1.54, 1.807) is 6.07 Å². The van der Waals surface area contributed by atoms with Gasteiger partial charge in [-0.2, -0.15) is 0 Å². The van der Waals surface area contributed by atoms with E-state index in [0.717, 1.165) is 18.8 Å². The maximum absolute atomic E-state index is 11.7. The summed E-state index contributed by atoms with van der Waals surface area (Å²) in [5, 5.41) is 2.83. The normalized spacial score (nSPS) is 10.7. The van der Waals surface area contributed by atoms with Gasteiger partial charge in [0.25, 0.3) is 5.91 Å². The minimum absolute atomic E-state index is 0.173. The summed E-state index contributed by atoms with van der Waals surface area (Å²) in [6.07, 6.45) is 7.39. The van der Waals surface area contributed by atoms with Gasteiger partial charge in [-0.25, -0.2) is 0 Å². The van der Waals surface area contributed by atoms with Crippen molar-refractivity contribution in [3.8, 4) is 0 Å². The Morgan fingerprint density at radius 1 is 1.26 bits per heavy atom. The van der Waals surface area contributed by atoms with Crippen molar-refractivity contribution < 1.29 is 4.79 Å².